The van der Waals surface area contributed by atoms with Gasteiger partial charge in [-0.1, -0.05) is 36.4 Å². The molecule has 0 fully saturated rings. The lowest BCUT2D eigenvalue weighted by atomic mass is 10.1. The standard InChI is InChI=1S/C30H27FN6O4S/c1-42(40,41)35-18-28(38)36-25-13-22(12-23(14-25)30(39)32-11-10-19-6-8-24(31)9-7-19)27-17-34-29(37-27)26-15-20-4-2-3-5-21(20)16-33-26/h2-9,12-17,35H,10-11,18H2,1H3,(H,32,39)(H,34,37)(H,36,38). The van der Waals surface area contributed by atoms with Crippen LogP contribution < -0.4 is 15.4 Å². The van der Waals surface area contributed by atoms with Crippen LogP contribution in [0, 0.1) is 5.82 Å². The number of pyridine rings is 1. The fraction of sp³-hybridized carbons (Fsp3) is 0.133. The number of amides is 2. The second-order valence-corrected chi connectivity index (χ2v) is 11.5. The van der Waals surface area contributed by atoms with Gasteiger partial charge >= 0.3 is 0 Å². The Bertz CT molecular complexity index is 1870. The van der Waals surface area contributed by atoms with Crippen molar-refractivity contribution in [3.05, 3.63) is 102 Å². The molecule has 0 aliphatic rings. The number of nitrogens with zero attached hydrogens (tertiary/aromatic N) is 2. The summed E-state index contributed by atoms with van der Waals surface area (Å²) in [7, 11) is -3.57. The number of sulfonamides is 1. The quantitative estimate of drug-likeness (QED) is 0.195. The highest BCUT2D eigenvalue weighted by Gasteiger charge is 2.15. The minimum atomic E-state index is -3.57. The van der Waals surface area contributed by atoms with E-state index in [9.17, 15) is 22.4 Å². The number of anilines is 1. The normalized spacial score (nSPS) is 11.4. The van der Waals surface area contributed by atoms with Crippen LogP contribution in [0.1, 0.15) is 15.9 Å². The van der Waals surface area contributed by atoms with Crippen molar-refractivity contribution in [3.8, 4) is 22.8 Å². The summed E-state index contributed by atoms with van der Waals surface area (Å²) in [5.74, 6) is -0.808. The van der Waals surface area contributed by atoms with Crippen LogP contribution in [-0.4, -0.2) is 54.5 Å². The zero-order chi connectivity index (χ0) is 29.7. The van der Waals surface area contributed by atoms with Crippen LogP contribution in [0.4, 0.5) is 10.1 Å². The van der Waals surface area contributed by atoms with Gasteiger partial charge in [0.15, 0.2) is 5.82 Å². The Morgan fingerprint density at radius 2 is 1.69 bits per heavy atom. The van der Waals surface area contributed by atoms with Gasteiger partial charge in [0.1, 0.15) is 11.5 Å². The maximum absolute atomic E-state index is 13.2. The van der Waals surface area contributed by atoms with E-state index in [-0.39, 0.29) is 23.0 Å². The molecule has 0 spiro atoms. The number of hydrogen-bond acceptors (Lipinski definition) is 6. The van der Waals surface area contributed by atoms with E-state index in [1.165, 1.54) is 18.2 Å². The molecule has 0 atom stereocenters. The highest BCUT2D eigenvalue weighted by molar-refractivity contribution is 7.88. The molecule has 42 heavy (non-hydrogen) atoms. The van der Waals surface area contributed by atoms with Crippen LogP contribution in [0.3, 0.4) is 0 Å². The predicted molar refractivity (Wildman–Crippen MR) is 159 cm³/mol. The molecule has 0 radical (unpaired) electrons. The number of halogens is 1. The summed E-state index contributed by atoms with van der Waals surface area (Å²) in [6, 6.07) is 20.6. The summed E-state index contributed by atoms with van der Waals surface area (Å²) in [4.78, 5) is 37.8. The number of carbonyl (C=O) groups excluding carboxylic acids is 2. The van der Waals surface area contributed by atoms with Crippen molar-refractivity contribution in [1.29, 1.82) is 0 Å². The maximum Gasteiger partial charge on any atom is 0.251 e. The zero-order valence-electron chi connectivity index (χ0n) is 22.5. The zero-order valence-corrected chi connectivity index (χ0v) is 23.3. The first-order valence-corrected chi connectivity index (χ1v) is 14.8. The smallest absolute Gasteiger partial charge is 0.251 e. The van der Waals surface area contributed by atoms with Crippen molar-refractivity contribution >= 4 is 38.3 Å². The summed E-state index contributed by atoms with van der Waals surface area (Å²) in [5, 5.41) is 7.48. The molecule has 2 heterocycles. The summed E-state index contributed by atoms with van der Waals surface area (Å²) < 4.78 is 38.1. The van der Waals surface area contributed by atoms with Crippen LogP contribution in [0.15, 0.2) is 85.2 Å². The summed E-state index contributed by atoms with van der Waals surface area (Å²) in [5.41, 5.74) is 3.19. The monoisotopic (exact) mass is 586 g/mol. The lowest BCUT2D eigenvalue weighted by molar-refractivity contribution is -0.115. The Morgan fingerprint density at radius 3 is 2.45 bits per heavy atom. The minimum Gasteiger partial charge on any atom is -0.352 e. The first kappa shape index (κ1) is 28.6. The van der Waals surface area contributed by atoms with Gasteiger partial charge in [-0.05, 0) is 53.8 Å². The molecular formula is C30H27FN6O4S. The number of nitrogens with one attached hydrogen (secondary N) is 4. The second-order valence-electron chi connectivity index (χ2n) is 9.64. The molecule has 3 aromatic carbocycles. The number of hydrogen-bond donors (Lipinski definition) is 4. The van der Waals surface area contributed by atoms with E-state index < -0.39 is 22.5 Å². The lowest BCUT2D eigenvalue weighted by Crippen LogP contribution is -2.32. The number of benzene rings is 3. The van der Waals surface area contributed by atoms with Crippen molar-refractivity contribution in [2.75, 3.05) is 24.7 Å². The fourth-order valence-electron chi connectivity index (χ4n) is 4.27. The Balaban J connectivity index is 1.39. The number of aromatic nitrogens is 3. The van der Waals surface area contributed by atoms with E-state index in [4.69, 9.17) is 0 Å². The number of aromatic amines is 1. The molecule has 0 aliphatic heterocycles. The molecule has 0 aliphatic carbocycles. The summed E-state index contributed by atoms with van der Waals surface area (Å²) in [6.07, 6.45) is 4.82. The van der Waals surface area contributed by atoms with Gasteiger partial charge in [-0.3, -0.25) is 14.6 Å². The van der Waals surface area contributed by atoms with Crippen molar-refractivity contribution < 1.29 is 22.4 Å². The predicted octanol–water partition coefficient (Wildman–Crippen LogP) is 3.89. The van der Waals surface area contributed by atoms with Crippen LogP contribution in [0.2, 0.25) is 0 Å². The fourth-order valence-corrected chi connectivity index (χ4v) is 4.67. The van der Waals surface area contributed by atoms with E-state index in [0.717, 1.165) is 22.6 Å². The summed E-state index contributed by atoms with van der Waals surface area (Å²) >= 11 is 0. The lowest BCUT2D eigenvalue weighted by Gasteiger charge is -2.11. The average molecular weight is 587 g/mol. The molecule has 2 amide bonds. The van der Waals surface area contributed by atoms with E-state index in [1.54, 1.807) is 36.7 Å². The number of fused-ring (bicyclic) bond motifs is 1. The molecule has 10 nitrogen and oxygen atoms in total. The van der Waals surface area contributed by atoms with Gasteiger partial charge in [0.05, 0.1) is 24.7 Å². The number of rotatable bonds is 10. The molecular weight excluding hydrogens is 559 g/mol. The third-order valence-corrected chi connectivity index (χ3v) is 7.02. The molecule has 5 rings (SSSR count). The van der Waals surface area contributed by atoms with Crippen LogP contribution in [-0.2, 0) is 21.2 Å². The van der Waals surface area contributed by atoms with Crippen LogP contribution in [0.25, 0.3) is 33.5 Å². The third kappa shape index (κ3) is 7.42. The maximum atomic E-state index is 13.2. The molecule has 0 saturated carbocycles. The summed E-state index contributed by atoms with van der Waals surface area (Å²) in [6.45, 7) is -0.166. The van der Waals surface area contributed by atoms with Gasteiger partial charge < -0.3 is 15.6 Å². The van der Waals surface area contributed by atoms with Gasteiger partial charge in [-0.15, -0.1) is 0 Å². The SMILES string of the molecule is CS(=O)(=O)NCC(=O)Nc1cc(C(=O)NCCc2ccc(F)cc2)cc(-c2cnc(-c3cc4ccccc4cn3)[nH]2)c1. The Labute approximate surface area is 241 Å². The highest BCUT2D eigenvalue weighted by Crippen LogP contribution is 2.27. The minimum absolute atomic E-state index is 0.262. The van der Waals surface area contributed by atoms with Crippen LogP contribution in [0.5, 0.6) is 0 Å². The van der Waals surface area contributed by atoms with Crippen molar-refractivity contribution in [2.24, 2.45) is 0 Å². The Kier molecular flexibility index (Phi) is 8.36. The molecule has 0 unspecified atom stereocenters. The van der Waals surface area contributed by atoms with Gasteiger partial charge in [-0.2, -0.15) is 0 Å². The second kappa shape index (κ2) is 12.3. The van der Waals surface area contributed by atoms with Gasteiger partial charge in [0.2, 0.25) is 15.9 Å². The van der Waals surface area contributed by atoms with E-state index in [0.29, 0.717) is 35.7 Å². The molecule has 4 N–H and O–H groups in total. The van der Waals surface area contributed by atoms with Gasteiger partial charge in [0.25, 0.3) is 5.91 Å². The number of carbonyl (C=O) groups is 2. The Hall–Kier alpha value is -4.94. The van der Waals surface area contributed by atoms with E-state index >= 15 is 0 Å². The van der Waals surface area contributed by atoms with Crippen molar-refractivity contribution in [2.45, 2.75) is 6.42 Å². The number of imidazole rings is 1. The number of H-pyrrole nitrogens is 1. The van der Waals surface area contributed by atoms with Crippen molar-refractivity contribution in [1.82, 2.24) is 25.0 Å². The van der Waals surface area contributed by atoms with E-state index in [1.807, 2.05) is 30.3 Å². The molecule has 214 valence electrons. The Morgan fingerprint density at radius 1 is 0.929 bits per heavy atom. The molecule has 2 aromatic heterocycles. The topological polar surface area (TPSA) is 146 Å². The largest absolute Gasteiger partial charge is 0.352 e. The molecule has 0 bridgehead atoms. The highest BCUT2D eigenvalue weighted by atomic mass is 32.2. The molecule has 5 aromatic rings. The van der Waals surface area contributed by atoms with Crippen molar-refractivity contribution in [3.63, 3.8) is 0 Å². The van der Waals surface area contributed by atoms with Gasteiger partial charge in [0, 0.05) is 34.9 Å². The van der Waals surface area contributed by atoms with Crippen LogP contribution >= 0.6 is 0 Å². The molecule has 0 saturated heterocycles. The molecule has 12 heteroatoms. The first-order chi connectivity index (χ1) is 20.1. The third-order valence-electron chi connectivity index (χ3n) is 6.35. The average Bonchev–Trinajstić information content (AvgIpc) is 3.47. The first-order valence-electron chi connectivity index (χ1n) is 13.0. The van der Waals surface area contributed by atoms with E-state index in [2.05, 4.69) is 30.3 Å². The van der Waals surface area contributed by atoms with Gasteiger partial charge in [-0.25, -0.2) is 22.5 Å².